The maximum absolute atomic E-state index is 11.1. The van der Waals surface area contributed by atoms with Gasteiger partial charge >= 0.3 is 5.97 Å². The Bertz CT molecular complexity index is 763. The minimum Gasteiger partial charge on any atom is -0.477 e. The zero-order valence-electron chi connectivity index (χ0n) is 9.75. The molecule has 4 nitrogen and oxygen atoms in total. The van der Waals surface area contributed by atoms with Gasteiger partial charge in [0, 0.05) is 11.2 Å². The summed E-state index contributed by atoms with van der Waals surface area (Å²) in [5.41, 5.74) is 2.63. The van der Waals surface area contributed by atoms with Gasteiger partial charge in [-0.1, -0.05) is 23.7 Å². The van der Waals surface area contributed by atoms with E-state index in [1.54, 1.807) is 28.8 Å². The van der Waals surface area contributed by atoms with Crippen LogP contribution in [-0.2, 0) is 0 Å². The molecule has 2 aromatic heterocycles. The van der Waals surface area contributed by atoms with Gasteiger partial charge in [-0.15, -0.1) is 0 Å². The lowest BCUT2D eigenvalue weighted by molar-refractivity contribution is 0.0689. The summed E-state index contributed by atoms with van der Waals surface area (Å²) in [4.78, 5) is 15.1. The smallest absolute Gasteiger partial charge is 0.354 e. The monoisotopic (exact) mass is 272 g/mol. The Hall–Kier alpha value is -2.33. The Morgan fingerprint density at radius 2 is 1.79 bits per heavy atom. The van der Waals surface area contributed by atoms with Crippen molar-refractivity contribution in [2.24, 2.45) is 0 Å². The number of hydrogen-bond acceptors (Lipinski definition) is 2. The number of fused-ring (bicyclic) bond motifs is 1. The second-order valence-corrected chi connectivity index (χ2v) is 4.54. The first-order chi connectivity index (χ1) is 9.15. The molecule has 0 radical (unpaired) electrons. The summed E-state index contributed by atoms with van der Waals surface area (Å²) in [6.07, 6.45) is 3.11. The number of nitrogens with zero attached hydrogens (tertiary/aromatic N) is 2. The van der Waals surface area contributed by atoms with Crippen LogP contribution < -0.4 is 0 Å². The maximum atomic E-state index is 11.1. The molecule has 0 spiro atoms. The van der Waals surface area contributed by atoms with E-state index in [-0.39, 0.29) is 5.69 Å². The fourth-order valence-electron chi connectivity index (χ4n) is 1.95. The van der Waals surface area contributed by atoms with Crippen molar-refractivity contribution in [2.75, 3.05) is 0 Å². The van der Waals surface area contributed by atoms with Gasteiger partial charge in [-0.25, -0.2) is 9.78 Å². The fraction of sp³-hybridized carbons (Fsp3) is 0. The number of carboxylic acids is 1. The van der Waals surface area contributed by atoms with Crippen molar-refractivity contribution in [3.05, 3.63) is 59.5 Å². The predicted molar refractivity (Wildman–Crippen MR) is 72.6 cm³/mol. The molecule has 0 saturated carbocycles. The van der Waals surface area contributed by atoms with Crippen LogP contribution in [0.25, 0.3) is 16.8 Å². The fourth-order valence-corrected chi connectivity index (χ4v) is 2.08. The summed E-state index contributed by atoms with van der Waals surface area (Å²) in [6.45, 7) is 0. The number of carbonyl (C=O) groups is 1. The SMILES string of the molecule is O=C(O)c1cnc2ccc(-c3ccc(Cl)cc3)cn12. The number of aromatic nitrogens is 2. The van der Waals surface area contributed by atoms with Gasteiger partial charge in [-0.05, 0) is 35.4 Å². The molecule has 0 aliphatic carbocycles. The number of carboxylic acid groups (broad SMARTS) is 1. The van der Waals surface area contributed by atoms with Crippen LogP contribution in [0, 0.1) is 0 Å². The molecule has 0 atom stereocenters. The van der Waals surface area contributed by atoms with Gasteiger partial charge in [0.15, 0.2) is 5.69 Å². The van der Waals surface area contributed by atoms with Crippen LogP contribution in [0.4, 0.5) is 0 Å². The Kier molecular flexibility index (Phi) is 2.72. The molecule has 19 heavy (non-hydrogen) atoms. The van der Waals surface area contributed by atoms with Crippen LogP contribution >= 0.6 is 11.6 Å². The highest BCUT2D eigenvalue weighted by Crippen LogP contribution is 2.22. The van der Waals surface area contributed by atoms with E-state index >= 15 is 0 Å². The van der Waals surface area contributed by atoms with E-state index in [0.29, 0.717) is 10.7 Å². The standard InChI is InChI=1S/C14H9ClN2O2/c15-11-4-1-9(2-5-11)10-3-6-13-16-7-12(14(18)19)17(13)8-10/h1-8H,(H,18,19). The van der Waals surface area contributed by atoms with E-state index in [2.05, 4.69) is 4.98 Å². The van der Waals surface area contributed by atoms with Gasteiger partial charge in [-0.3, -0.25) is 4.40 Å². The first-order valence-electron chi connectivity index (χ1n) is 5.61. The average molecular weight is 273 g/mol. The van der Waals surface area contributed by atoms with Gasteiger partial charge in [-0.2, -0.15) is 0 Å². The minimum absolute atomic E-state index is 0.144. The van der Waals surface area contributed by atoms with Crippen molar-refractivity contribution in [3.63, 3.8) is 0 Å². The summed E-state index contributed by atoms with van der Waals surface area (Å²) in [5, 5.41) is 9.76. The Morgan fingerprint density at radius 1 is 1.11 bits per heavy atom. The zero-order valence-corrected chi connectivity index (χ0v) is 10.5. The lowest BCUT2D eigenvalue weighted by atomic mass is 10.1. The van der Waals surface area contributed by atoms with Crippen LogP contribution in [0.5, 0.6) is 0 Å². The number of rotatable bonds is 2. The molecule has 0 bridgehead atoms. The molecule has 0 aliphatic rings. The zero-order chi connectivity index (χ0) is 13.4. The molecule has 94 valence electrons. The summed E-state index contributed by atoms with van der Waals surface area (Å²) in [6, 6.07) is 11.1. The van der Waals surface area contributed by atoms with Crippen molar-refractivity contribution < 1.29 is 9.90 Å². The first kappa shape index (κ1) is 11.7. The van der Waals surface area contributed by atoms with E-state index in [1.807, 2.05) is 18.2 Å². The topological polar surface area (TPSA) is 54.6 Å². The lowest BCUT2D eigenvalue weighted by Gasteiger charge is -2.04. The van der Waals surface area contributed by atoms with Crippen LogP contribution in [0.15, 0.2) is 48.8 Å². The molecule has 5 heteroatoms. The molecule has 0 aliphatic heterocycles. The number of imidazole rings is 1. The second kappa shape index (κ2) is 4.40. The second-order valence-electron chi connectivity index (χ2n) is 4.10. The van der Waals surface area contributed by atoms with Gasteiger partial charge < -0.3 is 5.11 Å². The summed E-state index contributed by atoms with van der Waals surface area (Å²) in [7, 11) is 0. The average Bonchev–Trinajstić information content (AvgIpc) is 2.82. The largest absolute Gasteiger partial charge is 0.477 e. The summed E-state index contributed by atoms with van der Waals surface area (Å²) < 4.78 is 1.56. The Labute approximate surface area is 113 Å². The highest BCUT2D eigenvalue weighted by atomic mass is 35.5. The molecule has 2 heterocycles. The van der Waals surface area contributed by atoms with E-state index in [1.165, 1.54) is 6.20 Å². The molecule has 1 aromatic carbocycles. The highest BCUT2D eigenvalue weighted by Gasteiger charge is 2.10. The quantitative estimate of drug-likeness (QED) is 0.778. The minimum atomic E-state index is -0.999. The number of aromatic carboxylic acids is 1. The molecule has 0 fully saturated rings. The molecular formula is C14H9ClN2O2. The molecule has 0 amide bonds. The summed E-state index contributed by atoms with van der Waals surface area (Å²) in [5.74, 6) is -0.999. The van der Waals surface area contributed by atoms with Crippen molar-refractivity contribution in [1.82, 2.24) is 9.38 Å². The number of pyridine rings is 1. The number of halogens is 1. The first-order valence-corrected chi connectivity index (χ1v) is 5.99. The van der Waals surface area contributed by atoms with Crippen molar-refractivity contribution in [3.8, 4) is 11.1 Å². The van der Waals surface area contributed by atoms with Gasteiger partial charge in [0.25, 0.3) is 0 Å². The molecule has 0 saturated heterocycles. The third-order valence-corrected chi connectivity index (χ3v) is 3.15. The van der Waals surface area contributed by atoms with Gasteiger partial charge in [0.05, 0.1) is 6.20 Å². The molecule has 3 rings (SSSR count). The van der Waals surface area contributed by atoms with Crippen LogP contribution in [-0.4, -0.2) is 20.5 Å². The number of benzene rings is 1. The van der Waals surface area contributed by atoms with Crippen molar-refractivity contribution in [1.29, 1.82) is 0 Å². The normalized spacial score (nSPS) is 10.8. The number of hydrogen-bond donors (Lipinski definition) is 1. The molecule has 3 aromatic rings. The maximum Gasteiger partial charge on any atom is 0.354 e. The summed E-state index contributed by atoms with van der Waals surface area (Å²) >= 11 is 5.85. The molecular weight excluding hydrogens is 264 g/mol. The van der Waals surface area contributed by atoms with Crippen LogP contribution in [0.3, 0.4) is 0 Å². The van der Waals surface area contributed by atoms with Crippen LogP contribution in [0.1, 0.15) is 10.5 Å². The van der Waals surface area contributed by atoms with Crippen molar-refractivity contribution in [2.45, 2.75) is 0 Å². The van der Waals surface area contributed by atoms with E-state index in [9.17, 15) is 4.79 Å². The van der Waals surface area contributed by atoms with Gasteiger partial charge in [0.2, 0.25) is 0 Å². The van der Waals surface area contributed by atoms with Crippen molar-refractivity contribution >= 4 is 23.2 Å². The van der Waals surface area contributed by atoms with E-state index < -0.39 is 5.97 Å². The third kappa shape index (κ3) is 2.06. The highest BCUT2D eigenvalue weighted by molar-refractivity contribution is 6.30. The lowest BCUT2D eigenvalue weighted by Crippen LogP contribution is -2.01. The molecule has 1 N–H and O–H groups in total. The Morgan fingerprint density at radius 3 is 2.47 bits per heavy atom. The van der Waals surface area contributed by atoms with Crippen LogP contribution in [0.2, 0.25) is 5.02 Å². The van der Waals surface area contributed by atoms with E-state index in [0.717, 1.165) is 11.1 Å². The Balaban J connectivity index is 2.17. The van der Waals surface area contributed by atoms with E-state index in [4.69, 9.17) is 16.7 Å². The van der Waals surface area contributed by atoms with Gasteiger partial charge in [0.1, 0.15) is 5.65 Å². The third-order valence-electron chi connectivity index (χ3n) is 2.90. The molecule has 0 unspecified atom stereocenters. The predicted octanol–water partition coefficient (Wildman–Crippen LogP) is 3.35.